The number of pyridine rings is 2. The molecule has 0 bridgehead atoms. The predicted molar refractivity (Wildman–Crippen MR) is 159 cm³/mol. The van der Waals surface area contributed by atoms with Crippen molar-refractivity contribution in [2.24, 2.45) is 5.92 Å². The van der Waals surface area contributed by atoms with Gasteiger partial charge in [-0.3, -0.25) is 19.9 Å². The zero-order valence-corrected chi connectivity index (χ0v) is 22.9. The van der Waals surface area contributed by atoms with Crippen molar-refractivity contribution in [3.05, 3.63) is 96.7 Å². The van der Waals surface area contributed by atoms with Crippen LogP contribution in [-0.2, 0) is 11.2 Å². The van der Waals surface area contributed by atoms with Gasteiger partial charge in [0, 0.05) is 36.1 Å². The quantitative estimate of drug-likeness (QED) is 0.202. The van der Waals surface area contributed by atoms with Crippen molar-refractivity contribution in [2.45, 2.75) is 38.5 Å². The summed E-state index contributed by atoms with van der Waals surface area (Å²) >= 11 is 0. The van der Waals surface area contributed by atoms with E-state index in [9.17, 15) is 4.79 Å². The van der Waals surface area contributed by atoms with E-state index in [1.807, 2.05) is 66.7 Å². The first-order valence-corrected chi connectivity index (χ1v) is 14.2. The molecule has 1 amide bonds. The van der Waals surface area contributed by atoms with Crippen LogP contribution in [-0.4, -0.2) is 39.3 Å². The zero-order chi connectivity index (χ0) is 27.9. The lowest BCUT2D eigenvalue weighted by Gasteiger charge is -2.12. The SMILES string of the molecule is O=C(Nc1ccc(CCCC2CCCOCC2)nc1)c1n[nH]c2ccc(-c3cncc(Oc4ccccc4)c3)cc12. The van der Waals surface area contributed by atoms with Gasteiger partial charge < -0.3 is 14.8 Å². The van der Waals surface area contributed by atoms with Crippen molar-refractivity contribution in [3.8, 4) is 22.6 Å². The van der Waals surface area contributed by atoms with Crippen molar-refractivity contribution < 1.29 is 14.3 Å². The summed E-state index contributed by atoms with van der Waals surface area (Å²) in [7, 11) is 0. The Hall–Kier alpha value is -4.56. The topological polar surface area (TPSA) is 102 Å². The highest BCUT2D eigenvalue weighted by atomic mass is 16.5. The number of amides is 1. The molecular formula is C33H33N5O3. The maximum Gasteiger partial charge on any atom is 0.276 e. The van der Waals surface area contributed by atoms with E-state index in [0.717, 1.165) is 78.3 Å². The number of fused-ring (bicyclic) bond motifs is 1. The summed E-state index contributed by atoms with van der Waals surface area (Å²) in [6.07, 6.45) is 12.0. The third-order valence-electron chi connectivity index (χ3n) is 7.50. The molecule has 6 rings (SSSR count). The smallest absolute Gasteiger partial charge is 0.276 e. The van der Waals surface area contributed by atoms with Crippen molar-refractivity contribution >= 4 is 22.5 Å². The molecule has 1 fully saturated rings. The Balaban J connectivity index is 1.11. The second-order valence-corrected chi connectivity index (χ2v) is 10.5. The van der Waals surface area contributed by atoms with Crippen LogP contribution in [0.1, 0.15) is 48.3 Å². The lowest BCUT2D eigenvalue weighted by Crippen LogP contribution is -2.13. The fourth-order valence-electron chi connectivity index (χ4n) is 5.29. The second-order valence-electron chi connectivity index (χ2n) is 10.5. The molecule has 0 radical (unpaired) electrons. The minimum atomic E-state index is -0.294. The molecule has 1 aliphatic rings. The summed E-state index contributed by atoms with van der Waals surface area (Å²) in [4.78, 5) is 22.1. The first-order chi connectivity index (χ1) is 20.2. The molecule has 1 unspecified atom stereocenters. The zero-order valence-electron chi connectivity index (χ0n) is 22.9. The van der Waals surface area contributed by atoms with E-state index in [4.69, 9.17) is 9.47 Å². The van der Waals surface area contributed by atoms with Gasteiger partial charge in [-0.1, -0.05) is 24.3 Å². The van der Waals surface area contributed by atoms with Gasteiger partial charge in [0.25, 0.3) is 5.91 Å². The summed E-state index contributed by atoms with van der Waals surface area (Å²) < 4.78 is 11.5. The van der Waals surface area contributed by atoms with E-state index in [2.05, 4.69) is 25.5 Å². The summed E-state index contributed by atoms with van der Waals surface area (Å²) in [5.41, 5.74) is 4.55. The molecule has 2 N–H and O–H groups in total. The molecule has 5 aromatic rings. The minimum Gasteiger partial charge on any atom is -0.456 e. The molecule has 4 heterocycles. The third kappa shape index (κ3) is 6.78. The number of hydrogen-bond acceptors (Lipinski definition) is 6. The number of aromatic nitrogens is 4. The Bertz CT molecular complexity index is 1590. The van der Waals surface area contributed by atoms with Gasteiger partial charge in [0.15, 0.2) is 5.69 Å². The summed E-state index contributed by atoms with van der Waals surface area (Å²) in [5.74, 6) is 1.83. The average Bonchev–Trinajstić information content (AvgIpc) is 3.26. The molecule has 0 spiro atoms. The second kappa shape index (κ2) is 12.7. The van der Waals surface area contributed by atoms with E-state index in [1.54, 1.807) is 18.6 Å². The van der Waals surface area contributed by atoms with Gasteiger partial charge in [0.1, 0.15) is 11.5 Å². The normalized spacial score (nSPS) is 15.4. The van der Waals surface area contributed by atoms with Gasteiger partial charge in [0.05, 0.1) is 23.6 Å². The number of benzene rings is 2. The number of aryl methyl sites for hydroxylation is 1. The Morgan fingerprint density at radius 1 is 0.951 bits per heavy atom. The van der Waals surface area contributed by atoms with Crippen LogP contribution < -0.4 is 10.1 Å². The molecule has 1 saturated heterocycles. The van der Waals surface area contributed by atoms with Crippen LogP contribution in [0.3, 0.4) is 0 Å². The van der Waals surface area contributed by atoms with Crippen molar-refractivity contribution in [1.29, 1.82) is 0 Å². The van der Waals surface area contributed by atoms with Crippen molar-refractivity contribution in [3.63, 3.8) is 0 Å². The first-order valence-electron chi connectivity index (χ1n) is 14.2. The number of rotatable bonds is 9. The van der Waals surface area contributed by atoms with Gasteiger partial charge in [-0.15, -0.1) is 0 Å². The van der Waals surface area contributed by atoms with Gasteiger partial charge in [-0.2, -0.15) is 5.10 Å². The minimum absolute atomic E-state index is 0.294. The molecule has 3 aromatic heterocycles. The summed E-state index contributed by atoms with van der Waals surface area (Å²) in [6, 6.07) is 21.2. The number of para-hydroxylation sites is 1. The molecule has 41 heavy (non-hydrogen) atoms. The molecule has 2 aromatic carbocycles. The lowest BCUT2D eigenvalue weighted by molar-refractivity contribution is 0.102. The number of hydrogen-bond donors (Lipinski definition) is 2. The summed E-state index contributed by atoms with van der Waals surface area (Å²) in [6.45, 7) is 1.79. The molecule has 208 valence electrons. The number of H-pyrrole nitrogens is 1. The highest BCUT2D eigenvalue weighted by Crippen LogP contribution is 2.29. The molecule has 0 saturated carbocycles. The molecule has 1 atom stereocenters. The Morgan fingerprint density at radius 3 is 2.76 bits per heavy atom. The van der Waals surface area contributed by atoms with Crippen LogP contribution >= 0.6 is 0 Å². The average molecular weight is 548 g/mol. The number of ether oxygens (including phenoxy) is 2. The van der Waals surface area contributed by atoms with Gasteiger partial charge in [0.2, 0.25) is 0 Å². The number of carbonyl (C=O) groups is 1. The molecule has 8 nitrogen and oxygen atoms in total. The van der Waals surface area contributed by atoms with Gasteiger partial charge >= 0.3 is 0 Å². The Labute approximate surface area is 239 Å². The fraction of sp³-hybridized carbons (Fsp3) is 0.273. The lowest BCUT2D eigenvalue weighted by atomic mass is 9.94. The predicted octanol–water partition coefficient (Wildman–Crippen LogP) is 7.20. The van der Waals surface area contributed by atoms with Gasteiger partial charge in [-0.25, -0.2) is 0 Å². The standard InChI is InChI=1S/C33H33N5O3/c39-33(36-27-13-12-26(35-21-27)8-4-6-23-7-5-16-40-17-15-23)32-30-19-24(11-14-31(30)37-38-32)25-18-29(22-34-20-25)41-28-9-2-1-3-10-28/h1-3,9-14,18-23H,4-8,15-17H2,(H,36,39)(H,37,38). The van der Waals surface area contributed by atoms with Crippen LogP contribution in [0.25, 0.3) is 22.0 Å². The van der Waals surface area contributed by atoms with E-state index in [1.165, 1.54) is 12.8 Å². The first kappa shape index (κ1) is 26.7. The monoisotopic (exact) mass is 547 g/mol. The third-order valence-corrected chi connectivity index (χ3v) is 7.50. The molecular weight excluding hydrogens is 514 g/mol. The van der Waals surface area contributed by atoms with E-state index >= 15 is 0 Å². The number of carbonyl (C=O) groups excluding carboxylic acids is 1. The number of nitrogens with one attached hydrogen (secondary N) is 2. The number of aromatic amines is 1. The van der Waals surface area contributed by atoms with Crippen LogP contribution in [0.2, 0.25) is 0 Å². The van der Waals surface area contributed by atoms with E-state index < -0.39 is 0 Å². The highest BCUT2D eigenvalue weighted by Gasteiger charge is 2.16. The molecule has 0 aliphatic carbocycles. The van der Waals surface area contributed by atoms with Crippen LogP contribution in [0.4, 0.5) is 5.69 Å². The highest BCUT2D eigenvalue weighted by molar-refractivity contribution is 6.11. The van der Waals surface area contributed by atoms with Crippen molar-refractivity contribution in [1.82, 2.24) is 20.2 Å². The van der Waals surface area contributed by atoms with Crippen molar-refractivity contribution in [2.75, 3.05) is 18.5 Å². The van der Waals surface area contributed by atoms with E-state index in [-0.39, 0.29) is 5.91 Å². The largest absolute Gasteiger partial charge is 0.456 e. The fourth-order valence-corrected chi connectivity index (χ4v) is 5.29. The molecule has 8 heteroatoms. The summed E-state index contributed by atoms with van der Waals surface area (Å²) in [5, 5.41) is 10.9. The van der Waals surface area contributed by atoms with Crippen LogP contribution in [0.15, 0.2) is 85.3 Å². The molecule has 1 aliphatic heterocycles. The Morgan fingerprint density at radius 2 is 1.88 bits per heavy atom. The number of nitrogens with zero attached hydrogens (tertiary/aromatic N) is 3. The van der Waals surface area contributed by atoms with E-state index in [0.29, 0.717) is 17.1 Å². The number of anilines is 1. The van der Waals surface area contributed by atoms with Gasteiger partial charge in [-0.05, 0) is 92.5 Å². The maximum atomic E-state index is 13.2. The van der Waals surface area contributed by atoms with Crippen LogP contribution in [0, 0.1) is 5.92 Å². The maximum absolute atomic E-state index is 13.2. The van der Waals surface area contributed by atoms with Crippen LogP contribution in [0.5, 0.6) is 11.5 Å². The Kier molecular flexibility index (Phi) is 8.28.